The number of rotatable bonds is 7. The Morgan fingerprint density at radius 2 is 1.72 bits per heavy atom. The van der Waals surface area contributed by atoms with Crippen LogP contribution in [0.4, 0.5) is 0 Å². The standard InChI is InChI=1S/C24H27N5O7/c1-13(30)26-21-23(34-15(3)32)22(33-14(2)31)20(35-24(21)36-25)12-29-11-19(27-28-29)18-10-6-8-16-7-4-5-9-17(16)18/h4-11,20-24H,12,25H2,1-3H3,(H,26,30). The van der Waals surface area contributed by atoms with Crippen LogP contribution in [0.2, 0.25) is 0 Å². The Labute approximate surface area is 206 Å². The molecule has 1 aliphatic heterocycles. The Kier molecular flexibility index (Phi) is 7.58. The Morgan fingerprint density at radius 1 is 1.03 bits per heavy atom. The summed E-state index contributed by atoms with van der Waals surface area (Å²) in [4.78, 5) is 40.6. The van der Waals surface area contributed by atoms with Crippen LogP contribution >= 0.6 is 0 Å². The summed E-state index contributed by atoms with van der Waals surface area (Å²) in [6, 6.07) is 12.8. The number of ether oxygens (including phenoxy) is 3. The highest BCUT2D eigenvalue weighted by Gasteiger charge is 2.51. The van der Waals surface area contributed by atoms with Crippen LogP contribution in [0.5, 0.6) is 0 Å². The van der Waals surface area contributed by atoms with Gasteiger partial charge in [0.2, 0.25) is 12.2 Å². The van der Waals surface area contributed by atoms with Gasteiger partial charge in [0, 0.05) is 26.3 Å². The normalized spacial score (nSPS) is 23.7. The molecular weight excluding hydrogens is 470 g/mol. The molecule has 190 valence electrons. The van der Waals surface area contributed by atoms with Gasteiger partial charge >= 0.3 is 11.9 Å². The molecule has 0 radical (unpaired) electrons. The zero-order chi connectivity index (χ0) is 25.8. The predicted octanol–water partition coefficient (Wildman–Crippen LogP) is 1.08. The number of amides is 1. The van der Waals surface area contributed by atoms with Gasteiger partial charge in [-0.05, 0) is 10.8 Å². The molecule has 0 spiro atoms. The van der Waals surface area contributed by atoms with Crippen LogP contribution in [0.1, 0.15) is 20.8 Å². The van der Waals surface area contributed by atoms with Gasteiger partial charge in [-0.25, -0.2) is 10.6 Å². The lowest BCUT2D eigenvalue weighted by atomic mass is 9.95. The SMILES string of the molecule is CC(=O)NC1C(ON)OC(Cn2cc(-c3cccc4ccccc34)nn2)C(OC(C)=O)C1OC(C)=O. The zero-order valence-electron chi connectivity index (χ0n) is 20.0. The van der Waals surface area contributed by atoms with Gasteiger partial charge in [0.25, 0.3) is 0 Å². The fraction of sp³-hybridized carbons (Fsp3) is 0.375. The molecule has 1 fully saturated rings. The van der Waals surface area contributed by atoms with Crippen LogP contribution in [-0.2, 0) is 40.0 Å². The van der Waals surface area contributed by atoms with Crippen LogP contribution in [0.25, 0.3) is 22.0 Å². The van der Waals surface area contributed by atoms with E-state index in [0.29, 0.717) is 5.69 Å². The number of nitrogens with one attached hydrogen (secondary N) is 1. The topological polar surface area (TPSA) is 157 Å². The van der Waals surface area contributed by atoms with Crippen LogP contribution in [0.15, 0.2) is 48.7 Å². The maximum absolute atomic E-state index is 11.9. The Balaban J connectivity index is 1.65. The molecule has 1 aromatic heterocycles. The number of carbonyl (C=O) groups is 3. The van der Waals surface area contributed by atoms with Gasteiger partial charge in [-0.15, -0.1) is 5.10 Å². The summed E-state index contributed by atoms with van der Waals surface area (Å²) in [6.45, 7) is 3.75. The first-order chi connectivity index (χ1) is 17.3. The van der Waals surface area contributed by atoms with E-state index in [9.17, 15) is 14.4 Å². The number of esters is 2. The van der Waals surface area contributed by atoms with Gasteiger partial charge < -0.3 is 19.5 Å². The average Bonchev–Trinajstić information content (AvgIpc) is 3.29. The molecule has 36 heavy (non-hydrogen) atoms. The third-order valence-corrected chi connectivity index (χ3v) is 5.73. The number of nitrogens with zero attached hydrogens (tertiary/aromatic N) is 3. The average molecular weight is 498 g/mol. The molecule has 12 nitrogen and oxygen atoms in total. The van der Waals surface area contributed by atoms with E-state index in [1.807, 2.05) is 42.5 Å². The molecule has 0 bridgehead atoms. The van der Waals surface area contributed by atoms with E-state index >= 15 is 0 Å². The summed E-state index contributed by atoms with van der Waals surface area (Å²) in [6.07, 6.45) is -2.60. The molecule has 2 heterocycles. The Bertz CT molecular complexity index is 1260. The van der Waals surface area contributed by atoms with Gasteiger partial charge in [-0.2, -0.15) is 0 Å². The van der Waals surface area contributed by atoms with Crippen molar-refractivity contribution in [2.24, 2.45) is 5.90 Å². The van der Waals surface area contributed by atoms with Gasteiger partial charge in [0.05, 0.1) is 12.7 Å². The van der Waals surface area contributed by atoms with E-state index in [0.717, 1.165) is 16.3 Å². The zero-order valence-corrected chi connectivity index (χ0v) is 20.0. The molecular formula is C24H27N5O7. The van der Waals surface area contributed by atoms with Crippen LogP contribution in [0.3, 0.4) is 0 Å². The van der Waals surface area contributed by atoms with Crippen molar-refractivity contribution < 1.29 is 33.4 Å². The number of hydrogen-bond acceptors (Lipinski definition) is 10. The molecule has 3 aromatic rings. The van der Waals surface area contributed by atoms with E-state index in [2.05, 4.69) is 15.6 Å². The second-order valence-electron chi connectivity index (χ2n) is 8.41. The lowest BCUT2D eigenvalue weighted by Crippen LogP contribution is -2.66. The van der Waals surface area contributed by atoms with E-state index in [1.54, 1.807) is 6.20 Å². The molecule has 0 saturated carbocycles. The van der Waals surface area contributed by atoms with E-state index in [4.69, 9.17) is 24.9 Å². The number of benzene rings is 2. The number of hydrogen-bond donors (Lipinski definition) is 2. The number of fused-ring (bicyclic) bond motifs is 1. The molecule has 5 atom stereocenters. The van der Waals surface area contributed by atoms with E-state index in [-0.39, 0.29) is 6.54 Å². The molecule has 0 aliphatic carbocycles. The van der Waals surface area contributed by atoms with E-state index in [1.165, 1.54) is 25.5 Å². The van der Waals surface area contributed by atoms with Crippen molar-refractivity contribution >= 4 is 28.6 Å². The van der Waals surface area contributed by atoms with Gasteiger partial charge in [-0.3, -0.25) is 19.2 Å². The summed E-state index contributed by atoms with van der Waals surface area (Å²) in [5.74, 6) is 3.71. The molecule has 1 saturated heterocycles. The second-order valence-corrected chi connectivity index (χ2v) is 8.41. The van der Waals surface area contributed by atoms with Crippen LogP contribution in [0, 0.1) is 0 Å². The van der Waals surface area contributed by atoms with Gasteiger partial charge in [0.1, 0.15) is 17.8 Å². The quantitative estimate of drug-likeness (QED) is 0.357. The van der Waals surface area contributed by atoms with Crippen molar-refractivity contribution in [3.8, 4) is 11.3 Å². The minimum Gasteiger partial charge on any atom is -0.456 e. The maximum atomic E-state index is 11.9. The lowest BCUT2D eigenvalue weighted by molar-refractivity contribution is -0.275. The first-order valence-electron chi connectivity index (χ1n) is 11.3. The predicted molar refractivity (Wildman–Crippen MR) is 126 cm³/mol. The van der Waals surface area contributed by atoms with Gasteiger partial charge in [-0.1, -0.05) is 47.7 Å². The van der Waals surface area contributed by atoms with E-state index < -0.39 is 48.5 Å². The van der Waals surface area contributed by atoms with Crippen molar-refractivity contribution in [3.05, 3.63) is 48.7 Å². The molecule has 1 amide bonds. The van der Waals surface area contributed by atoms with Crippen molar-refractivity contribution in [1.29, 1.82) is 0 Å². The van der Waals surface area contributed by atoms with Crippen LogP contribution in [-0.4, -0.2) is 63.5 Å². The highest BCUT2D eigenvalue weighted by atomic mass is 16.8. The highest BCUT2D eigenvalue weighted by Crippen LogP contribution is 2.29. The fourth-order valence-electron chi connectivity index (χ4n) is 4.36. The first kappa shape index (κ1) is 25.2. The fourth-order valence-corrected chi connectivity index (χ4v) is 4.36. The third kappa shape index (κ3) is 5.51. The van der Waals surface area contributed by atoms with Gasteiger partial charge in [0.15, 0.2) is 12.2 Å². The Hall–Kier alpha value is -3.87. The first-order valence-corrected chi connectivity index (χ1v) is 11.3. The Morgan fingerprint density at radius 3 is 2.42 bits per heavy atom. The number of aromatic nitrogens is 3. The van der Waals surface area contributed by atoms with Crippen molar-refractivity contribution in [2.75, 3.05) is 0 Å². The molecule has 3 N–H and O–H groups in total. The highest BCUT2D eigenvalue weighted by molar-refractivity contribution is 5.95. The molecule has 1 aliphatic rings. The van der Waals surface area contributed by atoms with Crippen molar-refractivity contribution in [2.45, 2.75) is 58.0 Å². The van der Waals surface area contributed by atoms with Crippen molar-refractivity contribution in [3.63, 3.8) is 0 Å². The largest absolute Gasteiger partial charge is 0.456 e. The summed E-state index contributed by atoms with van der Waals surface area (Å²) in [5.41, 5.74) is 1.53. The maximum Gasteiger partial charge on any atom is 0.303 e. The summed E-state index contributed by atoms with van der Waals surface area (Å²) < 4.78 is 18.4. The smallest absolute Gasteiger partial charge is 0.303 e. The summed E-state index contributed by atoms with van der Waals surface area (Å²) in [7, 11) is 0. The second kappa shape index (κ2) is 10.8. The minimum absolute atomic E-state index is 0.0557. The monoisotopic (exact) mass is 497 g/mol. The third-order valence-electron chi connectivity index (χ3n) is 5.73. The summed E-state index contributed by atoms with van der Waals surface area (Å²) >= 11 is 0. The molecule has 2 aromatic carbocycles. The van der Waals surface area contributed by atoms with Crippen LogP contribution < -0.4 is 11.2 Å². The van der Waals surface area contributed by atoms with Crippen molar-refractivity contribution in [1.82, 2.24) is 20.3 Å². The summed E-state index contributed by atoms with van der Waals surface area (Å²) in [5, 5.41) is 13.2. The molecule has 5 unspecified atom stereocenters. The molecule has 12 heteroatoms. The lowest BCUT2D eigenvalue weighted by Gasteiger charge is -2.44. The molecule has 4 rings (SSSR count). The minimum atomic E-state index is -1.20. The number of carbonyl (C=O) groups excluding carboxylic acids is 3. The number of nitrogens with two attached hydrogens (primary N) is 1.